The fraction of sp³-hybridized carbons (Fsp3) is 0.389. The van der Waals surface area contributed by atoms with Crippen LogP contribution in [0, 0.1) is 30.4 Å². The predicted molar refractivity (Wildman–Crippen MR) is 154 cm³/mol. The molecule has 0 saturated heterocycles. The van der Waals surface area contributed by atoms with Crippen LogP contribution < -0.4 is 0 Å². The van der Waals surface area contributed by atoms with Crippen molar-refractivity contribution in [2.75, 3.05) is 0 Å². The number of rotatable bonds is 6. The van der Waals surface area contributed by atoms with Crippen LogP contribution >= 0.6 is 0 Å². The van der Waals surface area contributed by atoms with Gasteiger partial charge in [-0.1, -0.05) is 61.5 Å². The summed E-state index contributed by atoms with van der Waals surface area (Å²) >= 11 is 0. The van der Waals surface area contributed by atoms with Crippen LogP contribution in [0.4, 0.5) is 8.78 Å². The maximum absolute atomic E-state index is 14.4. The molecule has 0 N–H and O–H groups in total. The van der Waals surface area contributed by atoms with Crippen LogP contribution in [0.1, 0.15) is 70.7 Å². The summed E-state index contributed by atoms with van der Waals surface area (Å²) in [5.74, 6) is 0.581. The number of aryl methyl sites for hydroxylation is 5. The molecule has 2 atom stereocenters. The van der Waals surface area contributed by atoms with E-state index in [1.54, 1.807) is 11.1 Å². The van der Waals surface area contributed by atoms with E-state index in [0.29, 0.717) is 16.7 Å². The van der Waals surface area contributed by atoms with E-state index in [1.807, 2.05) is 18.2 Å². The van der Waals surface area contributed by atoms with Gasteiger partial charge in [-0.2, -0.15) is 0 Å². The monoisotopic (exact) mass is 508 g/mol. The fourth-order valence-electron chi connectivity index (χ4n) is 6.73. The molecule has 6 rings (SSSR count). The predicted octanol–water partition coefficient (Wildman–Crippen LogP) is 9.07. The van der Waals surface area contributed by atoms with Crippen molar-refractivity contribution in [3.05, 3.63) is 117 Å². The zero-order valence-corrected chi connectivity index (χ0v) is 22.8. The minimum atomic E-state index is -0.465. The first kappa shape index (κ1) is 25.3. The lowest BCUT2D eigenvalue weighted by molar-refractivity contribution is 0.427. The van der Waals surface area contributed by atoms with E-state index in [0.717, 1.165) is 50.0 Å². The Bertz CT molecular complexity index is 1480. The molecule has 38 heavy (non-hydrogen) atoms. The Morgan fingerprint density at radius 1 is 0.684 bits per heavy atom. The van der Waals surface area contributed by atoms with Crippen LogP contribution in [-0.4, -0.2) is 0 Å². The Morgan fingerprint density at radius 2 is 1.32 bits per heavy atom. The van der Waals surface area contributed by atoms with E-state index in [2.05, 4.69) is 43.3 Å². The maximum Gasteiger partial charge on any atom is 0.136 e. The van der Waals surface area contributed by atoms with Gasteiger partial charge in [-0.25, -0.2) is 8.78 Å². The van der Waals surface area contributed by atoms with Crippen molar-refractivity contribution in [1.29, 1.82) is 0 Å². The molecule has 2 aliphatic rings. The Hall–Kier alpha value is -3.00. The van der Waals surface area contributed by atoms with Crippen LogP contribution in [0.3, 0.4) is 0 Å². The first-order chi connectivity index (χ1) is 18.4. The van der Waals surface area contributed by atoms with Crippen molar-refractivity contribution in [1.82, 2.24) is 0 Å². The molecule has 0 nitrogen and oxygen atoms in total. The van der Waals surface area contributed by atoms with E-state index >= 15 is 0 Å². The van der Waals surface area contributed by atoms with Crippen molar-refractivity contribution in [3.63, 3.8) is 0 Å². The van der Waals surface area contributed by atoms with Crippen LogP contribution in [0.25, 0.3) is 10.8 Å². The molecule has 4 aromatic rings. The molecule has 0 fully saturated rings. The molecule has 0 radical (unpaired) electrons. The Kier molecular flexibility index (Phi) is 7.08. The number of hydrogen-bond donors (Lipinski definition) is 0. The van der Waals surface area contributed by atoms with Gasteiger partial charge >= 0.3 is 0 Å². The van der Waals surface area contributed by atoms with Gasteiger partial charge in [0.05, 0.1) is 0 Å². The molecule has 0 aromatic heterocycles. The van der Waals surface area contributed by atoms with E-state index in [9.17, 15) is 8.78 Å². The van der Waals surface area contributed by atoms with E-state index in [4.69, 9.17) is 0 Å². The topological polar surface area (TPSA) is 0 Å². The molecule has 0 saturated carbocycles. The Balaban J connectivity index is 1.05. The van der Waals surface area contributed by atoms with E-state index in [-0.39, 0.29) is 5.56 Å². The molecule has 4 aromatic carbocycles. The Labute approximate surface area is 226 Å². The molecular weight excluding hydrogens is 470 g/mol. The van der Waals surface area contributed by atoms with Gasteiger partial charge in [0.2, 0.25) is 0 Å². The van der Waals surface area contributed by atoms with E-state index < -0.39 is 11.6 Å². The van der Waals surface area contributed by atoms with Crippen LogP contribution in [0.5, 0.6) is 0 Å². The van der Waals surface area contributed by atoms with Gasteiger partial charge in [-0.15, -0.1) is 0 Å². The standard InChI is InChI=1S/C36H38F2/c1-23-3-12-30-18-25(8-13-29(30)17-23)4-5-26-9-14-32-20-27(10-15-31(32)19-26)6-7-28-11-16-34-33(21-28)22-35(37)24(2)36(34)38/h8-9,11,13-14,16,18-19,21-23,27H,3-7,10,12,15,17,20H2,1-2H3. The van der Waals surface area contributed by atoms with Gasteiger partial charge < -0.3 is 0 Å². The summed E-state index contributed by atoms with van der Waals surface area (Å²) in [4.78, 5) is 0. The second-order valence-electron chi connectivity index (χ2n) is 12.1. The summed E-state index contributed by atoms with van der Waals surface area (Å²) in [6.45, 7) is 3.87. The zero-order chi connectivity index (χ0) is 26.2. The summed E-state index contributed by atoms with van der Waals surface area (Å²) in [6, 6.07) is 21.6. The zero-order valence-electron chi connectivity index (χ0n) is 22.8. The fourth-order valence-corrected chi connectivity index (χ4v) is 6.73. The molecular formula is C36H38F2. The molecule has 0 heterocycles. The highest BCUT2D eigenvalue weighted by Crippen LogP contribution is 2.31. The lowest BCUT2D eigenvalue weighted by atomic mass is 9.80. The lowest BCUT2D eigenvalue weighted by Gasteiger charge is -2.25. The van der Waals surface area contributed by atoms with E-state index in [1.165, 1.54) is 60.9 Å². The van der Waals surface area contributed by atoms with Crippen molar-refractivity contribution in [2.45, 2.75) is 78.1 Å². The Morgan fingerprint density at radius 3 is 2.05 bits per heavy atom. The summed E-state index contributed by atoms with van der Waals surface area (Å²) in [6.07, 6.45) is 11.6. The van der Waals surface area contributed by atoms with Gasteiger partial charge in [0.1, 0.15) is 11.6 Å². The summed E-state index contributed by atoms with van der Waals surface area (Å²) in [7, 11) is 0. The van der Waals surface area contributed by atoms with Gasteiger partial charge in [0, 0.05) is 10.9 Å². The van der Waals surface area contributed by atoms with Crippen molar-refractivity contribution in [3.8, 4) is 0 Å². The van der Waals surface area contributed by atoms with Crippen LogP contribution in [0.2, 0.25) is 0 Å². The van der Waals surface area contributed by atoms with Gasteiger partial charge in [0.15, 0.2) is 0 Å². The normalized spacial score (nSPS) is 18.8. The summed E-state index contributed by atoms with van der Waals surface area (Å²) in [5, 5.41) is 1.17. The number of benzene rings is 4. The molecule has 2 heteroatoms. The first-order valence-corrected chi connectivity index (χ1v) is 14.5. The third-order valence-electron chi connectivity index (χ3n) is 9.21. The largest absolute Gasteiger partial charge is 0.207 e. The third-order valence-corrected chi connectivity index (χ3v) is 9.21. The second kappa shape index (κ2) is 10.6. The molecule has 2 aliphatic carbocycles. The van der Waals surface area contributed by atoms with Crippen molar-refractivity contribution < 1.29 is 8.78 Å². The highest BCUT2D eigenvalue weighted by Gasteiger charge is 2.20. The molecule has 196 valence electrons. The molecule has 0 spiro atoms. The number of fused-ring (bicyclic) bond motifs is 3. The highest BCUT2D eigenvalue weighted by atomic mass is 19.1. The van der Waals surface area contributed by atoms with Gasteiger partial charge in [-0.3, -0.25) is 0 Å². The third kappa shape index (κ3) is 5.28. The summed E-state index contributed by atoms with van der Waals surface area (Å²) in [5.41, 5.74) is 10.4. The maximum atomic E-state index is 14.4. The lowest BCUT2D eigenvalue weighted by Crippen LogP contribution is -2.15. The molecule has 0 bridgehead atoms. The molecule has 0 aliphatic heterocycles. The van der Waals surface area contributed by atoms with Gasteiger partial charge in [0.25, 0.3) is 0 Å². The highest BCUT2D eigenvalue weighted by molar-refractivity contribution is 5.84. The average Bonchev–Trinajstić information content (AvgIpc) is 2.93. The minimum absolute atomic E-state index is 0.0996. The van der Waals surface area contributed by atoms with Crippen molar-refractivity contribution >= 4 is 10.8 Å². The SMILES string of the molecule is Cc1c(F)cc2cc(CCC3CCc4cc(CCc5ccc6c(c5)CCC(C)C6)ccc4C3)ccc2c1F. The van der Waals surface area contributed by atoms with Crippen LogP contribution in [-0.2, 0) is 44.9 Å². The average molecular weight is 509 g/mol. The summed E-state index contributed by atoms with van der Waals surface area (Å²) < 4.78 is 28.5. The first-order valence-electron chi connectivity index (χ1n) is 14.5. The number of hydrogen-bond acceptors (Lipinski definition) is 0. The quantitative estimate of drug-likeness (QED) is 0.244. The van der Waals surface area contributed by atoms with Gasteiger partial charge in [-0.05, 0) is 133 Å². The second-order valence-corrected chi connectivity index (χ2v) is 12.1. The minimum Gasteiger partial charge on any atom is -0.207 e. The van der Waals surface area contributed by atoms with Crippen molar-refractivity contribution in [2.24, 2.45) is 11.8 Å². The smallest absolute Gasteiger partial charge is 0.136 e. The van der Waals surface area contributed by atoms with Crippen LogP contribution in [0.15, 0.2) is 60.7 Å². The molecule has 2 unspecified atom stereocenters. The molecule has 0 amide bonds. The number of halogens is 2.